The molecule has 0 bridgehead atoms. The number of H-pyrrole nitrogens is 1. The molecular weight excluding hydrogens is 270 g/mol. The molecule has 0 unspecified atom stereocenters. The summed E-state index contributed by atoms with van der Waals surface area (Å²) >= 11 is 0. The quantitative estimate of drug-likeness (QED) is 0.765. The minimum absolute atomic E-state index is 0.147. The lowest BCUT2D eigenvalue weighted by Gasteiger charge is -2.25. The van der Waals surface area contributed by atoms with Gasteiger partial charge in [-0.1, -0.05) is 0 Å². The Balaban J connectivity index is 1.88. The summed E-state index contributed by atoms with van der Waals surface area (Å²) in [6.45, 7) is 1.91. The summed E-state index contributed by atoms with van der Waals surface area (Å²) in [7, 11) is 0. The van der Waals surface area contributed by atoms with E-state index in [-0.39, 0.29) is 11.7 Å². The van der Waals surface area contributed by atoms with Crippen LogP contribution < -0.4 is 5.32 Å². The number of aryl methyl sites for hydroxylation is 1. The van der Waals surface area contributed by atoms with E-state index in [1.807, 2.05) is 4.68 Å². The Morgan fingerprint density at radius 3 is 2.90 bits per heavy atom. The van der Waals surface area contributed by atoms with Crippen LogP contribution in [0, 0.1) is 0 Å². The molecule has 4 rings (SSSR count). The zero-order chi connectivity index (χ0) is 14.4. The van der Waals surface area contributed by atoms with Gasteiger partial charge in [-0.3, -0.25) is 9.78 Å². The molecule has 0 amide bonds. The summed E-state index contributed by atoms with van der Waals surface area (Å²) in [6.07, 6.45) is 5.47. The summed E-state index contributed by atoms with van der Waals surface area (Å²) in [5.41, 5.74) is 3.83. The average Bonchev–Trinajstić information content (AvgIpc) is 3.11. The number of rotatable bonds is 2. The smallest absolute Gasteiger partial charge is 0.357 e. The maximum atomic E-state index is 11.6. The lowest BCUT2D eigenvalue weighted by atomic mass is 9.93. The predicted molar refractivity (Wildman–Crippen MR) is 75.3 cm³/mol. The van der Waals surface area contributed by atoms with Crippen molar-refractivity contribution in [2.24, 2.45) is 0 Å². The molecule has 2 aliphatic rings. The topological polar surface area (TPSA) is 95.8 Å². The van der Waals surface area contributed by atoms with Gasteiger partial charge in [0.2, 0.25) is 0 Å². The van der Waals surface area contributed by atoms with Crippen LogP contribution in [-0.2, 0) is 12.8 Å². The first-order valence-electron chi connectivity index (χ1n) is 7.33. The third-order valence-electron chi connectivity index (χ3n) is 4.47. The second-order valence-corrected chi connectivity index (χ2v) is 5.67. The van der Waals surface area contributed by atoms with Gasteiger partial charge in [0.15, 0.2) is 5.69 Å². The van der Waals surface area contributed by atoms with Gasteiger partial charge in [-0.15, -0.1) is 0 Å². The number of carboxylic acid groups (broad SMARTS) is 1. The summed E-state index contributed by atoms with van der Waals surface area (Å²) < 4.78 is 1.96. The third kappa shape index (κ3) is 1.88. The van der Waals surface area contributed by atoms with E-state index in [2.05, 4.69) is 20.6 Å². The molecular formula is C14H17N5O2. The molecule has 1 fully saturated rings. The zero-order valence-electron chi connectivity index (χ0n) is 11.6. The maximum absolute atomic E-state index is 11.6. The van der Waals surface area contributed by atoms with Crippen molar-refractivity contribution in [2.75, 3.05) is 13.1 Å². The average molecular weight is 287 g/mol. The Morgan fingerprint density at radius 2 is 2.14 bits per heavy atom. The maximum Gasteiger partial charge on any atom is 0.357 e. The van der Waals surface area contributed by atoms with E-state index in [4.69, 9.17) is 0 Å². The molecule has 0 aromatic carbocycles. The highest BCUT2D eigenvalue weighted by atomic mass is 16.4. The van der Waals surface area contributed by atoms with Crippen LogP contribution in [0.4, 0.5) is 0 Å². The van der Waals surface area contributed by atoms with Crippen molar-refractivity contribution in [3.63, 3.8) is 0 Å². The number of aromatic amines is 1. The normalized spacial score (nSPS) is 18.3. The predicted octanol–water partition coefficient (Wildman–Crippen LogP) is 0.994. The molecule has 1 aliphatic heterocycles. The monoisotopic (exact) mass is 287 g/mol. The van der Waals surface area contributed by atoms with Crippen molar-refractivity contribution in [3.8, 4) is 11.3 Å². The van der Waals surface area contributed by atoms with E-state index < -0.39 is 5.97 Å². The van der Waals surface area contributed by atoms with Crippen molar-refractivity contribution in [3.05, 3.63) is 23.1 Å². The lowest BCUT2D eigenvalue weighted by molar-refractivity contribution is 0.0689. The highest BCUT2D eigenvalue weighted by Gasteiger charge is 2.32. The molecule has 1 saturated heterocycles. The summed E-state index contributed by atoms with van der Waals surface area (Å²) in [5, 5.41) is 24.3. The molecule has 7 nitrogen and oxygen atoms in total. The number of piperidine rings is 1. The Hall–Kier alpha value is -2.15. The largest absolute Gasteiger partial charge is 0.476 e. The van der Waals surface area contributed by atoms with E-state index in [1.54, 1.807) is 6.20 Å². The molecule has 7 heteroatoms. The van der Waals surface area contributed by atoms with Gasteiger partial charge in [0.25, 0.3) is 0 Å². The number of hydrogen-bond donors (Lipinski definition) is 3. The van der Waals surface area contributed by atoms with E-state index in [1.165, 1.54) is 0 Å². The fourth-order valence-corrected chi connectivity index (χ4v) is 3.44. The van der Waals surface area contributed by atoms with Crippen molar-refractivity contribution < 1.29 is 9.90 Å². The Labute approximate surface area is 121 Å². The van der Waals surface area contributed by atoms with Gasteiger partial charge in [-0.05, 0) is 44.3 Å². The summed E-state index contributed by atoms with van der Waals surface area (Å²) in [5.74, 6) is -0.971. The van der Waals surface area contributed by atoms with Crippen LogP contribution in [0.2, 0.25) is 0 Å². The van der Waals surface area contributed by atoms with E-state index >= 15 is 0 Å². The molecule has 3 heterocycles. The van der Waals surface area contributed by atoms with E-state index in [0.29, 0.717) is 0 Å². The first kappa shape index (κ1) is 12.6. The van der Waals surface area contributed by atoms with Gasteiger partial charge in [-0.2, -0.15) is 10.2 Å². The van der Waals surface area contributed by atoms with Crippen LogP contribution in [0.25, 0.3) is 11.3 Å². The number of fused-ring (bicyclic) bond motifs is 3. The van der Waals surface area contributed by atoms with Gasteiger partial charge in [0, 0.05) is 5.69 Å². The lowest BCUT2D eigenvalue weighted by Crippen LogP contribution is -2.31. The van der Waals surface area contributed by atoms with Crippen molar-refractivity contribution >= 4 is 5.97 Å². The van der Waals surface area contributed by atoms with Crippen molar-refractivity contribution in [1.29, 1.82) is 0 Å². The van der Waals surface area contributed by atoms with Crippen LogP contribution >= 0.6 is 0 Å². The molecule has 2 aromatic rings. The first-order valence-corrected chi connectivity index (χ1v) is 7.33. The van der Waals surface area contributed by atoms with E-state index in [9.17, 15) is 9.90 Å². The van der Waals surface area contributed by atoms with Gasteiger partial charge in [0.1, 0.15) is 0 Å². The number of aromatic carboxylic acids is 1. The van der Waals surface area contributed by atoms with Gasteiger partial charge in [0.05, 0.1) is 23.5 Å². The third-order valence-corrected chi connectivity index (χ3v) is 4.47. The number of hydrogen-bond acceptors (Lipinski definition) is 4. The molecule has 21 heavy (non-hydrogen) atoms. The number of nitrogens with zero attached hydrogens (tertiary/aromatic N) is 3. The Morgan fingerprint density at radius 1 is 1.33 bits per heavy atom. The second kappa shape index (κ2) is 4.70. The highest BCUT2D eigenvalue weighted by Crippen LogP contribution is 2.36. The SMILES string of the molecule is O=C(O)c1nn(C2CCNCC2)c2c1-c1[nH]ncc1CC2. The number of aromatic nitrogens is 4. The van der Waals surface area contributed by atoms with Crippen molar-refractivity contribution in [1.82, 2.24) is 25.3 Å². The standard InChI is InChI=1S/C14H17N5O2/c20-14(21)13-11-10(2-1-8-7-16-17-12(8)11)19(18-13)9-3-5-15-6-4-9/h7,9,15H,1-6H2,(H,16,17)(H,20,21). The van der Waals surface area contributed by atoms with Crippen LogP contribution in [0.15, 0.2) is 6.20 Å². The molecule has 1 aliphatic carbocycles. The molecule has 0 saturated carbocycles. The van der Waals surface area contributed by atoms with Crippen LogP contribution in [0.3, 0.4) is 0 Å². The van der Waals surface area contributed by atoms with Crippen LogP contribution in [0.5, 0.6) is 0 Å². The van der Waals surface area contributed by atoms with E-state index in [0.717, 1.165) is 61.3 Å². The molecule has 2 aromatic heterocycles. The van der Waals surface area contributed by atoms with Crippen molar-refractivity contribution in [2.45, 2.75) is 31.7 Å². The van der Waals surface area contributed by atoms with Crippen LogP contribution in [0.1, 0.15) is 40.6 Å². The molecule has 110 valence electrons. The summed E-state index contributed by atoms with van der Waals surface area (Å²) in [6, 6.07) is 0.289. The molecule has 0 radical (unpaired) electrons. The minimum Gasteiger partial charge on any atom is -0.476 e. The second-order valence-electron chi connectivity index (χ2n) is 5.67. The van der Waals surface area contributed by atoms with Gasteiger partial charge < -0.3 is 10.4 Å². The molecule has 3 N–H and O–H groups in total. The number of carboxylic acids is 1. The van der Waals surface area contributed by atoms with Gasteiger partial charge >= 0.3 is 5.97 Å². The first-order chi connectivity index (χ1) is 10.3. The fraction of sp³-hybridized carbons (Fsp3) is 0.500. The van der Waals surface area contributed by atoms with Crippen LogP contribution in [-0.4, -0.2) is 44.1 Å². The Kier molecular flexibility index (Phi) is 2.81. The minimum atomic E-state index is -0.971. The number of carbonyl (C=O) groups is 1. The number of nitrogens with one attached hydrogen (secondary N) is 2. The molecule has 0 spiro atoms. The van der Waals surface area contributed by atoms with Gasteiger partial charge in [-0.25, -0.2) is 4.79 Å². The zero-order valence-corrected chi connectivity index (χ0v) is 11.6. The highest BCUT2D eigenvalue weighted by molar-refractivity contribution is 5.95. The molecule has 0 atom stereocenters. The Bertz CT molecular complexity index is 696. The summed E-state index contributed by atoms with van der Waals surface area (Å²) in [4.78, 5) is 11.6. The fourth-order valence-electron chi connectivity index (χ4n) is 3.44.